The van der Waals surface area contributed by atoms with Crippen molar-refractivity contribution in [2.75, 3.05) is 33.2 Å². The average molecular weight is 270 g/mol. The standard InChI is InChI=1S/C12H22N2O.2C2H6/c1-13-7-5-6-11(10-13)12(15)14-8-3-2-4-9-14;2*1-2/h11H,2-10H2,1H3;2*1-2H3. The van der Waals surface area contributed by atoms with Gasteiger partial charge in [-0.15, -0.1) is 0 Å². The number of carbonyl (C=O) groups is 1. The molecule has 0 radical (unpaired) electrons. The first-order valence-electron chi connectivity index (χ1n) is 8.25. The zero-order chi connectivity index (χ0) is 14.7. The molecule has 2 saturated heterocycles. The molecule has 2 aliphatic rings. The van der Waals surface area contributed by atoms with E-state index in [0.29, 0.717) is 5.91 Å². The molecule has 2 heterocycles. The summed E-state index contributed by atoms with van der Waals surface area (Å²) in [6.45, 7) is 12.1. The van der Waals surface area contributed by atoms with Gasteiger partial charge in [0.05, 0.1) is 5.92 Å². The van der Waals surface area contributed by atoms with Crippen LogP contribution in [-0.2, 0) is 4.79 Å². The lowest BCUT2D eigenvalue weighted by Gasteiger charge is -2.34. The van der Waals surface area contributed by atoms with Gasteiger partial charge in [-0.3, -0.25) is 4.79 Å². The van der Waals surface area contributed by atoms with Gasteiger partial charge in [-0.05, 0) is 45.7 Å². The molecular formula is C16H34N2O. The predicted octanol–water partition coefficient (Wildman–Crippen LogP) is 3.39. The summed E-state index contributed by atoms with van der Waals surface area (Å²) in [4.78, 5) is 16.6. The van der Waals surface area contributed by atoms with Crippen molar-refractivity contribution in [2.24, 2.45) is 5.92 Å². The maximum Gasteiger partial charge on any atom is 0.226 e. The van der Waals surface area contributed by atoms with Crippen LogP contribution in [0.15, 0.2) is 0 Å². The van der Waals surface area contributed by atoms with Crippen molar-refractivity contribution in [2.45, 2.75) is 59.8 Å². The highest BCUT2D eigenvalue weighted by Gasteiger charge is 2.28. The number of rotatable bonds is 1. The fraction of sp³-hybridized carbons (Fsp3) is 0.938. The van der Waals surface area contributed by atoms with E-state index in [0.717, 1.165) is 32.6 Å². The molecule has 1 atom stereocenters. The first-order valence-corrected chi connectivity index (χ1v) is 8.25. The lowest BCUT2D eigenvalue weighted by atomic mass is 9.96. The van der Waals surface area contributed by atoms with E-state index in [9.17, 15) is 4.79 Å². The number of nitrogens with zero attached hydrogens (tertiary/aromatic N) is 2. The van der Waals surface area contributed by atoms with Crippen molar-refractivity contribution < 1.29 is 4.79 Å². The summed E-state index contributed by atoms with van der Waals surface area (Å²) in [6, 6.07) is 0. The highest BCUT2D eigenvalue weighted by molar-refractivity contribution is 5.79. The summed E-state index contributed by atoms with van der Waals surface area (Å²) in [5, 5.41) is 0. The second kappa shape index (κ2) is 11.3. The lowest BCUT2D eigenvalue weighted by molar-refractivity contribution is -0.138. The smallest absolute Gasteiger partial charge is 0.226 e. The fourth-order valence-electron chi connectivity index (χ4n) is 2.74. The average Bonchev–Trinajstić information content (AvgIpc) is 2.51. The van der Waals surface area contributed by atoms with E-state index in [1.807, 2.05) is 27.7 Å². The second-order valence-corrected chi connectivity index (χ2v) is 4.99. The number of hydrogen-bond donors (Lipinski definition) is 0. The molecule has 3 heteroatoms. The summed E-state index contributed by atoms with van der Waals surface area (Å²) in [5.74, 6) is 0.697. The van der Waals surface area contributed by atoms with E-state index in [4.69, 9.17) is 0 Å². The Bertz CT molecular complexity index is 225. The molecule has 0 saturated carbocycles. The van der Waals surface area contributed by atoms with E-state index in [1.165, 1.54) is 25.7 Å². The zero-order valence-electron chi connectivity index (χ0n) is 13.7. The third kappa shape index (κ3) is 6.42. The van der Waals surface area contributed by atoms with Crippen LogP contribution in [0.1, 0.15) is 59.8 Å². The lowest BCUT2D eigenvalue weighted by Crippen LogP contribution is -2.45. The van der Waals surface area contributed by atoms with Crippen molar-refractivity contribution in [1.82, 2.24) is 9.80 Å². The topological polar surface area (TPSA) is 23.6 Å². The summed E-state index contributed by atoms with van der Waals surface area (Å²) in [6.07, 6.45) is 5.98. The largest absolute Gasteiger partial charge is 0.342 e. The molecule has 2 fully saturated rings. The van der Waals surface area contributed by atoms with Crippen molar-refractivity contribution in [1.29, 1.82) is 0 Å². The molecule has 2 rings (SSSR count). The Hall–Kier alpha value is -0.570. The molecule has 1 unspecified atom stereocenters. The Morgan fingerprint density at radius 3 is 2.00 bits per heavy atom. The maximum absolute atomic E-state index is 12.2. The minimum atomic E-state index is 0.279. The first-order chi connectivity index (χ1) is 9.27. The summed E-state index contributed by atoms with van der Waals surface area (Å²) in [7, 11) is 2.12. The third-order valence-corrected chi connectivity index (χ3v) is 3.64. The van der Waals surface area contributed by atoms with Crippen molar-refractivity contribution in [3.05, 3.63) is 0 Å². The molecule has 3 nitrogen and oxygen atoms in total. The molecular weight excluding hydrogens is 236 g/mol. The molecule has 0 bridgehead atoms. The quantitative estimate of drug-likeness (QED) is 0.729. The van der Waals surface area contributed by atoms with Gasteiger partial charge in [-0.25, -0.2) is 0 Å². The Kier molecular flexibility index (Phi) is 10.9. The van der Waals surface area contributed by atoms with Gasteiger partial charge in [0.1, 0.15) is 0 Å². The highest BCUT2D eigenvalue weighted by Crippen LogP contribution is 2.20. The normalized spacial score (nSPS) is 23.6. The van der Waals surface area contributed by atoms with Gasteiger partial charge in [0.15, 0.2) is 0 Å². The van der Waals surface area contributed by atoms with Crippen LogP contribution in [-0.4, -0.2) is 48.9 Å². The van der Waals surface area contributed by atoms with E-state index >= 15 is 0 Å². The van der Waals surface area contributed by atoms with Crippen LogP contribution < -0.4 is 0 Å². The first kappa shape index (κ1) is 18.4. The zero-order valence-corrected chi connectivity index (χ0v) is 13.7. The molecule has 0 N–H and O–H groups in total. The highest BCUT2D eigenvalue weighted by atomic mass is 16.2. The molecule has 0 aromatic rings. The Balaban J connectivity index is 0.000000741. The minimum absolute atomic E-state index is 0.279. The molecule has 1 amide bonds. The van der Waals surface area contributed by atoms with Crippen molar-refractivity contribution in [3.8, 4) is 0 Å². The Morgan fingerprint density at radius 2 is 1.47 bits per heavy atom. The molecule has 0 aromatic heterocycles. The third-order valence-electron chi connectivity index (χ3n) is 3.64. The van der Waals surface area contributed by atoms with Gasteiger partial charge < -0.3 is 9.80 Å². The molecule has 19 heavy (non-hydrogen) atoms. The van der Waals surface area contributed by atoms with Crippen LogP contribution in [0.3, 0.4) is 0 Å². The van der Waals surface area contributed by atoms with Crippen LogP contribution >= 0.6 is 0 Å². The fourth-order valence-corrected chi connectivity index (χ4v) is 2.74. The van der Waals surface area contributed by atoms with Crippen molar-refractivity contribution >= 4 is 5.91 Å². The SMILES string of the molecule is CC.CC.CN1CCCC(C(=O)N2CCCCC2)C1. The van der Waals surface area contributed by atoms with Crippen LogP contribution in [0.5, 0.6) is 0 Å². The predicted molar refractivity (Wildman–Crippen MR) is 83.3 cm³/mol. The van der Waals surface area contributed by atoms with E-state index in [1.54, 1.807) is 0 Å². The van der Waals surface area contributed by atoms with Crippen LogP contribution in [0, 0.1) is 5.92 Å². The summed E-state index contributed by atoms with van der Waals surface area (Å²) >= 11 is 0. The molecule has 114 valence electrons. The number of likely N-dealkylation sites (tertiary alicyclic amines) is 2. The van der Waals surface area contributed by atoms with Crippen LogP contribution in [0.4, 0.5) is 0 Å². The van der Waals surface area contributed by atoms with Gasteiger partial charge in [-0.1, -0.05) is 27.7 Å². The van der Waals surface area contributed by atoms with Gasteiger partial charge in [0.2, 0.25) is 5.91 Å². The summed E-state index contributed by atoms with van der Waals surface area (Å²) in [5.41, 5.74) is 0. The number of hydrogen-bond acceptors (Lipinski definition) is 2. The van der Waals surface area contributed by atoms with Gasteiger partial charge in [-0.2, -0.15) is 0 Å². The van der Waals surface area contributed by atoms with Gasteiger partial charge in [0, 0.05) is 19.6 Å². The number of carbonyl (C=O) groups excluding carboxylic acids is 1. The molecule has 0 aromatic carbocycles. The van der Waals surface area contributed by atoms with Crippen molar-refractivity contribution in [3.63, 3.8) is 0 Å². The van der Waals surface area contributed by atoms with Crippen LogP contribution in [0.2, 0.25) is 0 Å². The molecule has 0 aliphatic carbocycles. The monoisotopic (exact) mass is 270 g/mol. The van der Waals surface area contributed by atoms with Gasteiger partial charge >= 0.3 is 0 Å². The Labute approximate surface area is 120 Å². The molecule has 0 spiro atoms. The van der Waals surface area contributed by atoms with E-state index in [2.05, 4.69) is 16.8 Å². The van der Waals surface area contributed by atoms with Gasteiger partial charge in [0.25, 0.3) is 0 Å². The summed E-state index contributed by atoms with van der Waals surface area (Å²) < 4.78 is 0. The minimum Gasteiger partial charge on any atom is -0.342 e. The van der Waals surface area contributed by atoms with E-state index in [-0.39, 0.29) is 5.92 Å². The number of piperidine rings is 2. The van der Waals surface area contributed by atoms with Crippen LogP contribution in [0.25, 0.3) is 0 Å². The van der Waals surface area contributed by atoms with E-state index < -0.39 is 0 Å². The Morgan fingerprint density at radius 1 is 0.895 bits per heavy atom. The second-order valence-electron chi connectivity index (χ2n) is 4.99. The maximum atomic E-state index is 12.2. The number of amides is 1. The molecule has 2 aliphatic heterocycles.